The third kappa shape index (κ3) is 4.04. The smallest absolute Gasteiger partial charge is 0.216 e. The molecular weight excluding hydrogens is 356 g/mol. The Labute approximate surface area is 155 Å². The summed E-state index contributed by atoms with van der Waals surface area (Å²) in [5, 5.41) is 12.0. The normalized spacial score (nSPS) is 11.4. The van der Waals surface area contributed by atoms with Gasteiger partial charge in [-0.1, -0.05) is 29.8 Å². The number of H-pyrrole nitrogens is 1. The molecule has 2 aromatic carbocycles. The Balaban J connectivity index is 1.85. The number of hydrogen-bond donors (Lipinski definition) is 1. The quantitative estimate of drug-likeness (QED) is 0.517. The second-order valence-corrected chi connectivity index (χ2v) is 5.86. The third-order valence-corrected chi connectivity index (χ3v) is 3.95. The maximum Gasteiger partial charge on any atom is 0.216 e. The molecule has 0 atom stereocenters. The van der Waals surface area contributed by atoms with E-state index < -0.39 is 0 Å². The van der Waals surface area contributed by atoms with Crippen molar-refractivity contribution in [3.63, 3.8) is 0 Å². The van der Waals surface area contributed by atoms with Crippen molar-refractivity contribution in [2.24, 2.45) is 5.10 Å². The van der Waals surface area contributed by atoms with Gasteiger partial charge in [0.15, 0.2) is 5.82 Å². The number of ether oxygens (including phenoxy) is 1. The van der Waals surface area contributed by atoms with Gasteiger partial charge in [-0.15, -0.1) is 0 Å². The largest absolute Gasteiger partial charge is 0.496 e. The lowest BCUT2D eigenvalue weighted by molar-refractivity contribution is 0.414. The van der Waals surface area contributed by atoms with E-state index in [2.05, 4.69) is 15.3 Å². The number of rotatable bonds is 5. The van der Waals surface area contributed by atoms with Crippen LogP contribution in [0.3, 0.4) is 0 Å². The fourth-order valence-electron chi connectivity index (χ4n) is 2.24. The van der Waals surface area contributed by atoms with Crippen molar-refractivity contribution in [1.82, 2.24) is 14.9 Å². The number of nitrogens with one attached hydrogen (secondary N) is 1. The highest BCUT2D eigenvalue weighted by molar-refractivity contribution is 7.71. The first kappa shape index (κ1) is 17.1. The number of halogens is 1. The van der Waals surface area contributed by atoms with Crippen LogP contribution in [0.4, 0.5) is 0 Å². The lowest BCUT2D eigenvalue weighted by Crippen LogP contribution is -1.93. The molecule has 0 saturated heterocycles. The summed E-state index contributed by atoms with van der Waals surface area (Å²) in [4.78, 5) is 0. The van der Waals surface area contributed by atoms with E-state index in [0.717, 1.165) is 16.9 Å². The number of benzene rings is 2. The summed E-state index contributed by atoms with van der Waals surface area (Å²) in [5.74, 6) is 1.41. The maximum atomic E-state index is 5.92. The van der Waals surface area contributed by atoms with Crippen LogP contribution in [0.5, 0.6) is 5.75 Å². The first-order chi connectivity index (χ1) is 12.2. The summed E-state index contributed by atoms with van der Waals surface area (Å²) < 4.78 is 7.28. The van der Waals surface area contributed by atoms with Gasteiger partial charge < -0.3 is 4.74 Å². The molecule has 5 nitrogen and oxygen atoms in total. The van der Waals surface area contributed by atoms with Gasteiger partial charge in [-0.25, -0.2) is 5.10 Å². The summed E-state index contributed by atoms with van der Waals surface area (Å²) in [6.07, 6.45) is 5.38. The highest BCUT2D eigenvalue weighted by Gasteiger charge is 2.07. The molecule has 0 aliphatic heterocycles. The van der Waals surface area contributed by atoms with Gasteiger partial charge in [-0.05, 0) is 54.7 Å². The summed E-state index contributed by atoms with van der Waals surface area (Å²) in [6.45, 7) is 0. The van der Waals surface area contributed by atoms with Gasteiger partial charge in [0.05, 0.1) is 7.11 Å². The molecule has 0 amide bonds. The Bertz CT molecular complexity index is 973. The molecule has 0 bridgehead atoms. The fraction of sp³-hybridized carbons (Fsp3) is 0.0556. The molecule has 0 saturated carbocycles. The van der Waals surface area contributed by atoms with Crippen LogP contribution in [0.15, 0.2) is 59.7 Å². The number of aromatic nitrogens is 3. The molecule has 0 fully saturated rings. The van der Waals surface area contributed by atoms with Gasteiger partial charge in [0, 0.05) is 22.4 Å². The molecule has 0 spiro atoms. The zero-order chi connectivity index (χ0) is 17.6. The van der Waals surface area contributed by atoms with Crippen LogP contribution in [-0.4, -0.2) is 28.2 Å². The van der Waals surface area contributed by atoms with Crippen molar-refractivity contribution < 1.29 is 4.74 Å². The van der Waals surface area contributed by atoms with Crippen LogP contribution >= 0.6 is 23.8 Å². The molecule has 3 rings (SSSR count). The minimum absolute atomic E-state index is 0.409. The van der Waals surface area contributed by atoms with E-state index in [1.165, 1.54) is 0 Å². The minimum atomic E-state index is 0.409. The van der Waals surface area contributed by atoms with Crippen LogP contribution in [0, 0.1) is 4.77 Å². The fourth-order valence-corrected chi connectivity index (χ4v) is 2.55. The summed E-state index contributed by atoms with van der Waals surface area (Å²) in [6, 6.07) is 15.1. The first-order valence-electron chi connectivity index (χ1n) is 7.46. The second kappa shape index (κ2) is 7.92. The predicted octanol–water partition coefficient (Wildman–Crippen LogP) is 4.82. The molecule has 1 aromatic heterocycles. The molecule has 25 heavy (non-hydrogen) atoms. The lowest BCUT2D eigenvalue weighted by atomic mass is 10.2. The Morgan fingerprint density at radius 2 is 1.96 bits per heavy atom. The van der Waals surface area contributed by atoms with Crippen molar-refractivity contribution in [2.45, 2.75) is 0 Å². The van der Waals surface area contributed by atoms with E-state index in [1.54, 1.807) is 30.1 Å². The van der Waals surface area contributed by atoms with E-state index in [4.69, 9.17) is 28.6 Å². The van der Waals surface area contributed by atoms with E-state index in [0.29, 0.717) is 15.6 Å². The average molecular weight is 371 g/mol. The average Bonchev–Trinajstić information content (AvgIpc) is 3.00. The van der Waals surface area contributed by atoms with Crippen LogP contribution in [-0.2, 0) is 0 Å². The summed E-state index contributed by atoms with van der Waals surface area (Å²) in [5.41, 5.74) is 1.83. The molecule has 1 N–H and O–H groups in total. The highest BCUT2D eigenvalue weighted by Crippen LogP contribution is 2.20. The van der Waals surface area contributed by atoms with E-state index in [-0.39, 0.29) is 0 Å². The molecule has 0 unspecified atom stereocenters. The van der Waals surface area contributed by atoms with Crippen LogP contribution < -0.4 is 4.74 Å². The van der Waals surface area contributed by atoms with Gasteiger partial charge >= 0.3 is 0 Å². The molecular formula is C18H15ClN4OS. The molecule has 7 heteroatoms. The molecule has 1 heterocycles. The molecule has 126 valence electrons. The van der Waals surface area contributed by atoms with E-state index >= 15 is 0 Å². The molecule has 0 aliphatic rings. The standard InChI is InChI=1S/C18H15ClN4OS/c1-24-16-7-3-2-5-13(16)6-4-12-20-23-17(21-22-18(23)25)14-8-10-15(19)11-9-14/h2-12H,1H3,(H,22,25)/b6-4-,20-12-. The Kier molecular flexibility index (Phi) is 5.42. The topological polar surface area (TPSA) is 55.2 Å². The Morgan fingerprint density at radius 1 is 1.20 bits per heavy atom. The molecule has 3 aromatic rings. The van der Waals surface area contributed by atoms with Gasteiger partial charge in [-0.3, -0.25) is 0 Å². The Hall–Kier alpha value is -2.70. The highest BCUT2D eigenvalue weighted by atomic mass is 35.5. The monoisotopic (exact) mass is 370 g/mol. The zero-order valence-corrected chi connectivity index (χ0v) is 15.0. The van der Waals surface area contributed by atoms with Gasteiger partial charge in [0.25, 0.3) is 0 Å². The van der Waals surface area contributed by atoms with Crippen molar-refractivity contribution in [2.75, 3.05) is 7.11 Å². The van der Waals surface area contributed by atoms with Crippen molar-refractivity contribution in [3.05, 3.63) is 70.0 Å². The second-order valence-electron chi connectivity index (χ2n) is 5.04. The van der Waals surface area contributed by atoms with Gasteiger partial charge in [0.1, 0.15) is 5.75 Å². The number of para-hydroxylation sites is 1. The summed E-state index contributed by atoms with van der Waals surface area (Å²) >= 11 is 11.2. The number of aromatic amines is 1. The van der Waals surface area contributed by atoms with E-state index in [1.807, 2.05) is 48.6 Å². The summed E-state index contributed by atoms with van der Waals surface area (Å²) in [7, 11) is 1.64. The zero-order valence-electron chi connectivity index (χ0n) is 13.4. The van der Waals surface area contributed by atoms with Crippen molar-refractivity contribution >= 4 is 36.1 Å². The van der Waals surface area contributed by atoms with Crippen LogP contribution in [0.1, 0.15) is 5.56 Å². The Morgan fingerprint density at radius 3 is 2.72 bits per heavy atom. The molecule has 0 radical (unpaired) electrons. The van der Waals surface area contributed by atoms with E-state index in [9.17, 15) is 0 Å². The third-order valence-electron chi connectivity index (χ3n) is 3.44. The lowest BCUT2D eigenvalue weighted by Gasteiger charge is -2.02. The van der Waals surface area contributed by atoms with Crippen molar-refractivity contribution in [3.8, 4) is 17.1 Å². The van der Waals surface area contributed by atoms with Crippen molar-refractivity contribution in [1.29, 1.82) is 0 Å². The van der Waals surface area contributed by atoms with Crippen LogP contribution in [0.2, 0.25) is 5.02 Å². The van der Waals surface area contributed by atoms with Gasteiger partial charge in [-0.2, -0.15) is 14.9 Å². The number of methoxy groups -OCH3 is 1. The van der Waals surface area contributed by atoms with Gasteiger partial charge in [0.2, 0.25) is 4.77 Å². The number of nitrogens with zero attached hydrogens (tertiary/aromatic N) is 3. The molecule has 0 aliphatic carbocycles. The predicted molar refractivity (Wildman–Crippen MR) is 104 cm³/mol. The minimum Gasteiger partial charge on any atom is -0.496 e. The maximum absolute atomic E-state index is 5.92. The first-order valence-corrected chi connectivity index (χ1v) is 8.25. The van der Waals surface area contributed by atoms with Crippen LogP contribution in [0.25, 0.3) is 17.5 Å². The number of allylic oxidation sites excluding steroid dienone is 1. The SMILES string of the molecule is COc1ccccc1/C=C\C=N/n1c(-c2ccc(Cl)cc2)n[nH]c1=S. The number of hydrogen-bond acceptors (Lipinski definition) is 4.